The second-order valence-electron chi connectivity index (χ2n) is 11.8. The number of carbonyl (C=O) groups excluding carboxylic acids is 3. The molecule has 1 aromatic rings. The molecule has 4 atom stereocenters. The summed E-state index contributed by atoms with van der Waals surface area (Å²) in [6, 6.07) is -0.0895. The Morgan fingerprint density at radius 1 is 1.19 bits per heavy atom. The number of hydrogen-bond acceptors (Lipinski definition) is 9. The summed E-state index contributed by atoms with van der Waals surface area (Å²) in [5.74, 6) is -7.36. The van der Waals surface area contributed by atoms with Gasteiger partial charge in [-0.3, -0.25) is 0 Å². The van der Waals surface area contributed by atoms with E-state index in [1.807, 2.05) is 0 Å². The van der Waals surface area contributed by atoms with Crippen molar-refractivity contribution in [1.29, 1.82) is 0 Å². The first-order valence-electron chi connectivity index (χ1n) is 14.5. The Bertz CT molecular complexity index is 1430. The van der Waals surface area contributed by atoms with Crippen LogP contribution in [0.15, 0.2) is 23.0 Å². The number of likely N-dealkylation sites (N-methyl/N-ethyl adjacent to an activating group) is 1. The van der Waals surface area contributed by atoms with Crippen LogP contribution in [0.4, 0.5) is 10.1 Å². The molecule has 0 bridgehead atoms. The number of phenolic OH excluding ortho intramolecular Hbond substituents is 1. The number of nitrogens with one attached hydrogen (secondary N) is 2. The van der Waals surface area contributed by atoms with Gasteiger partial charge in [0.15, 0.2) is 0 Å². The molecule has 0 spiro atoms. The number of Topliss-reactive ketones (excluding diaryl/α,β-unsaturated/α-hetero) is 1. The Balaban J connectivity index is 1.65. The van der Waals surface area contributed by atoms with Crippen LogP contribution in [-0.2, 0) is 20.8 Å². The van der Waals surface area contributed by atoms with E-state index in [0.717, 1.165) is 38.2 Å². The molecule has 0 heterocycles. The van der Waals surface area contributed by atoms with Crippen LogP contribution < -0.4 is 16.4 Å². The Morgan fingerprint density at radius 2 is 1.86 bits per heavy atom. The van der Waals surface area contributed by atoms with Crippen LogP contribution in [0.5, 0.6) is 5.75 Å². The first-order chi connectivity index (χ1) is 20.3. The number of rotatable bonds is 11. The first kappa shape index (κ1) is 32.4. The molecule has 13 heteroatoms. The number of ketones is 1. The maximum atomic E-state index is 15.4. The van der Waals surface area contributed by atoms with E-state index in [1.54, 1.807) is 14.1 Å². The van der Waals surface area contributed by atoms with E-state index in [4.69, 9.17) is 13.2 Å². The number of unbranched alkanes of at least 4 members (excludes halogenated alkanes) is 4. The molecular formula is C30H39BFN4O7. The van der Waals surface area contributed by atoms with Gasteiger partial charge in [0.25, 0.3) is 0 Å². The molecular weight excluding hydrogens is 558 g/mol. The predicted octanol–water partition coefficient (Wildman–Crippen LogP) is 1.37. The molecule has 0 unspecified atom stereocenters. The number of carbonyl (C=O) groups is 3. The number of benzene rings is 1. The zero-order chi connectivity index (χ0) is 31.8. The molecule has 8 N–H and O–H groups in total. The normalized spacial score (nSPS) is 25.0. The summed E-state index contributed by atoms with van der Waals surface area (Å²) in [6.07, 6.45) is 5.14. The Labute approximate surface area is 250 Å². The Hall–Kier alpha value is -3.55. The van der Waals surface area contributed by atoms with Crippen molar-refractivity contribution in [3.05, 3.63) is 39.9 Å². The van der Waals surface area contributed by atoms with Gasteiger partial charge in [-0.2, -0.15) is 0 Å². The Morgan fingerprint density at radius 3 is 2.49 bits per heavy atom. The number of fused-ring (bicyclic) bond motifs is 3. The maximum absolute atomic E-state index is 15.4. The Kier molecular flexibility index (Phi) is 9.48. The molecule has 0 aliphatic heterocycles. The third kappa shape index (κ3) is 5.61. The molecule has 231 valence electrons. The van der Waals surface area contributed by atoms with Crippen molar-refractivity contribution in [2.75, 3.05) is 32.5 Å². The number of nitrogens with two attached hydrogens (primary N) is 1. The SMILES string of the molecule is [B]=C1C(C(N)=O)=C(O)[C@@H](N(C)C)[C@@H]2C[C@@H]3Cc4c(F)cc(NC(=O)CNCCCCCCC)c(O)c4C(O)=C3C(=O)[C@]12O. The van der Waals surface area contributed by atoms with Gasteiger partial charge in [0.1, 0.15) is 0 Å². The molecule has 0 aromatic heterocycles. The summed E-state index contributed by atoms with van der Waals surface area (Å²) in [5, 5.41) is 50.5. The molecule has 2 amide bonds. The third-order valence-corrected chi connectivity index (χ3v) is 8.79. The van der Waals surface area contributed by atoms with Crippen molar-refractivity contribution < 1.29 is 39.2 Å². The van der Waals surface area contributed by atoms with Gasteiger partial charge < -0.3 is 0 Å². The first-order valence-corrected chi connectivity index (χ1v) is 14.5. The molecule has 3 aliphatic rings. The van der Waals surface area contributed by atoms with Gasteiger partial charge >= 0.3 is 205 Å². The van der Waals surface area contributed by atoms with E-state index in [9.17, 15) is 34.8 Å². The number of aliphatic hydroxyl groups excluding tert-OH is 2. The number of nitrogens with zero attached hydrogens (tertiary/aromatic N) is 1. The fraction of sp³-hybridized carbons (Fsp3) is 0.533. The van der Waals surface area contributed by atoms with Gasteiger partial charge in [-0.25, -0.2) is 0 Å². The molecule has 0 saturated heterocycles. The summed E-state index contributed by atoms with van der Waals surface area (Å²) in [5.41, 5.74) is 0.612. The molecule has 3 aliphatic carbocycles. The minimum atomic E-state index is -2.54. The second-order valence-corrected chi connectivity index (χ2v) is 11.8. The van der Waals surface area contributed by atoms with Crippen molar-refractivity contribution in [3.8, 4) is 5.75 Å². The van der Waals surface area contributed by atoms with Gasteiger partial charge in [0, 0.05) is 0 Å². The van der Waals surface area contributed by atoms with Crippen LogP contribution in [-0.4, -0.2) is 94.7 Å². The summed E-state index contributed by atoms with van der Waals surface area (Å²) in [6.45, 7) is 2.65. The summed E-state index contributed by atoms with van der Waals surface area (Å²) in [4.78, 5) is 40.2. The van der Waals surface area contributed by atoms with Gasteiger partial charge in [0.05, 0.1) is 0 Å². The van der Waals surface area contributed by atoms with E-state index in [2.05, 4.69) is 17.6 Å². The summed E-state index contributed by atoms with van der Waals surface area (Å²) < 4.78 is 15.4. The molecule has 1 saturated carbocycles. The number of aromatic hydroxyl groups is 1. The van der Waals surface area contributed by atoms with E-state index in [0.29, 0.717) is 6.54 Å². The molecule has 11 nitrogen and oxygen atoms in total. The molecule has 1 radical (unpaired) electrons. The standard InChI is InChI=1S/C30H39BFN4O7/c1-4-5-6-7-8-9-34-13-19(37)35-18-12-17(32)15-10-14-11-16-23(36(2)3)26(40)22(29(33)42)27(31)30(16,43)28(41)20(14)25(39)21(15)24(18)38/h12,14,16,23,34,38-40,43H,4-11,13H2,1-3H3,(H2,33,42)(H,35,37)/t14-,16-,23-,30+/m0/s1. The van der Waals surface area contributed by atoms with E-state index in [-0.39, 0.29) is 41.8 Å². The molecule has 43 heavy (non-hydrogen) atoms. The van der Waals surface area contributed by atoms with Gasteiger partial charge in [0.2, 0.25) is 0 Å². The zero-order valence-corrected chi connectivity index (χ0v) is 24.7. The van der Waals surface area contributed by atoms with Gasteiger partial charge in [-0.1, -0.05) is 32.6 Å². The topological polar surface area (TPSA) is 185 Å². The number of phenols is 1. The van der Waals surface area contributed by atoms with Crippen molar-refractivity contribution in [2.45, 2.75) is 63.5 Å². The fourth-order valence-electron chi connectivity index (χ4n) is 6.71. The van der Waals surface area contributed by atoms with Crippen LogP contribution in [0.25, 0.3) is 5.76 Å². The number of amides is 2. The number of halogens is 1. The fourth-order valence-corrected chi connectivity index (χ4v) is 6.71. The average Bonchev–Trinajstić information content (AvgIpc) is 2.92. The minimum absolute atomic E-state index is 0.0382. The third-order valence-electron chi connectivity index (χ3n) is 8.79. The number of anilines is 1. The van der Waals surface area contributed by atoms with E-state index in [1.165, 1.54) is 4.90 Å². The number of aliphatic hydroxyl groups is 3. The van der Waals surface area contributed by atoms with Crippen LogP contribution in [0.1, 0.15) is 56.6 Å². The van der Waals surface area contributed by atoms with Gasteiger partial charge in [-0.15, -0.1) is 0 Å². The van der Waals surface area contributed by atoms with Crippen LogP contribution in [0.2, 0.25) is 0 Å². The zero-order valence-electron chi connectivity index (χ0n) is 24.7. The summed E-state index contributed by atoms with van der Waals surface area (Å²) >= 11 is 0. The van der Waals surface area contributed by atoms with Gasteiger partial charge in [-0.05, 0) is 13.0 Å². The predicted molar refractivity (Wildman–Crippen MR) is 160 cm³/mol. The van der Waals surface area contributed by atoms with Crippen molar-refractivity contribution in [2.24, 2.45) is 17.6 Å². The number of hydrogen-bond donors (Lipinski definition) is 7. The van der Waals surface area contributed by atoms with Crippen LogP contribution >= 0.6 is 0 Å². The monoisotopic (exact) mass is 597 g/mol. The average molecular weight is 597 g/mol. The summed E-state index contributed by atoms with van der Waals surface area (Å²) in [7, 11) is 9.27. The molecule has 1 aromatic carbocycles. The van der Waals surface area contributed by atoms with Crippen molar-refractivity contribution in [1.82, 2.24) is 10.2 Å². The molecule has 4 rings (SSSR count). The van der Waals surface area contributed by atoms with E-state index < -0.39 is 75.2 Å². The van der Waals surface area contributed by atoms with Crippen molar-refractivity contribution >= 4 is 42.0 Å². The van der Waals surface area contributed by atoms with Crippen molar-refractivity contribution in [3.63, 3.8) is 0 Å². The quantitative estimate of drug-likeness (QED) is 0.112. The number of primary amides is 1. The van der Waals surface area contributed by atoms with Crippen LogP contribution in [0, 0.1) is 17.7 Å². The van der Waals surface area contributed by atoms with Crippen LogP contribution in [0.3, 0.4) is 0 Å². The van der Waals surface area contributed by atoms with E-state index >= 15 is 4.39 Å². The molecule has 1 fully saturated rings. The second kappa shape index (κ2) is 12.6.